The Bertz CT molecular complexity index is 1290. The van der Waals surface area contributed by atoms with Crippen molar-refractivity contribution in [3.63, 3.8) is 0 Å². The van der Waals surface area contributed by atoms with E-state index in [-0.39, 0.29) is 5.69 Å². The van der Waals surface area contributed by atoms with E-state index in [2.05, 4.69) is 4.98 Å². The van der Waals surface area contributed by atoms with Gasteiger partial charge in [0.05, 0.1) is 23.9 Å². The molecular formula is C23H17N3O5. The molecule has 8 heteroatoms. The van der Waals surface area contributed by atoms with Crippen molar-refractivity contribution in [1.82, 2.24) is 9.38 Å². The Kier molecular flexibility index (Phi) is 5.44. The molecule has 0 spiro atoms. The van der Waals surface area contributed by atoms with E-state index in [1.54, 1.807) is 54.1 Å². The van der Waals surface area contributed by atoms with Crippen LogP contribution in [0.25, 0.3) is 23.0 Å². The lowest BCUT2D eigenvalue weighted by Gasteiger charge is -2.03. The number of pyridine rings is 1. The second kappa shape index (κ2) is 8.50. The number of carbonyl (C=O) groups excluding carboxylic acids is 1. The third-order valence-corrected chi connectivity index (χ3v) is 4.52. The number of methoxy groups -OCH3 is 1. The predicted molar refractivity (Wildman–Crippen MR) is 115 cm³/mol. The van der Waals surface area contributed by atoms with Gasteiger partial charge >= 0.3 is 5.97 Å². The van der Waals surface area contributed by atoms with Crippen LogP contribution < -0.4 is 9.47 Å². The number of carbonyl (C=O) groups is 1. The molecule has 0 atom stereocenters. The van der Waals surface area contributed by atoms with E-state index in [1.165, 1.54) is 18.3 Å². The highest BCUT2D eigenvalue weighted by Gasteiger charge is 2.10. The molecule has 0 amide bonds. The van der Waals surface area contributed by atoms with E-state index in [1.807, 2.05) is 24.3 Å². The van der Waals surface area contributed by atoms with Crippen LogP contribution in [0.2, 0.25) is 0 Å². The van der Waals surface area contributed by atoms with Crippen LogP contribution in [0.4, 0.5) is 5.69 Å². The van der Waals surface area contributed by atoms with Crippen molar-refractivity contribution in [2.45, 2.75) is 0 Å². The lowest BCUT2D eigenvalue weighted by molar-refractivity contribution is -0.385. The van der Waals surface area contributed by atoms with Crippen LogP contribution in [0.3, 0.4) is 0 Å². The second-order valence-electron chi connectivity index (χ2n) is 6.59. The summed E-state index contributed by atoms with van der Waals surface area (Å²) in [6, 6.07) is 17.2. The molecule has 0 aliphatic carbocycles. The van der Waals surface area contributed by atoms with Gasteiger partial charge in [-0.3, -0.25) is 14.5 Å². The van der Waals surface area contributed by atoms with Crippen molar-refractivity contribution in [2.75, 3.05) is 7.11 Å². The van der Waals surface area contributed by atoms with Gasteiger partial charge in [-0.15, -0.1) is 0 Å². The molecule has 0 N–H and O–H groups in total. The number of fused-ring (bicyclic) bond motifs is 1. The molecule has 0 unspecified atom stereocenters. The highest BCUT2D eigenvalue weighted by molar-refractivity contribution is 5.88. The molecule has 0 saturated heterocycles. The SMILES string of the molecule is COc1cccc(/C=C/C(=O)Oc2ccc(-c3cn4cc([N+](=O)[O-])ccc4n3)cc2)c1. The molecule has 31 heavy (non-hydrogen) atoms. The van der Waals surface area contributed by atoms with Crippen LogP contribution in [0.5, 0.6) is 11.5 Å². The van der Waals surface area contributed by atoms with Crippen LogP contribution in [-0.2, 0) is 4.79 Å². The zero-order valence-electron chi connectivity index (χ0n) is 16.5. The Balaban J connectivity index is 1.45. The van der Waals surface area contributed by atoms with Crippen molar-refractivity contribution in [2.24, 2.45) is 0 Å². The number of benzene rings is 2. The first-order valence-electron chi connectivity index (χ1n) is 9.29. The van der Waals surface area contributed by atoms with E-state index in [0.29, 0.717) is 22.8 Å². The van der Waals surface area contributed by atoms with Gasteiger partial charge in [0.1, 0.15) is 17.1 Å². The molecule has 0 bridgehead atoms. The van der Waals surface area contributed by atoms with E-state index in [4.69, 9.17) is 9.47 Å². The van der Waals surface area contributed by atoms with Gasteiger partial charge in [0.15, 0.2) is 0 Å². The number of nitro groups is 1. The molecule has 0 fully saturated rings. The van der Waals surface area contributed by atoms with Crippen LogP contribution in [0.15, 0.2) is 79.1 Å². The minimum absolute atomic E-state index is 0.0132. The maximum atomic E-state index is 12.1. The average Bonchev–Trinajstić information content (AvgIpc) is 3.21. The van der Waals surface area contributed by atoms with Crippen LogP contribution in [-0.4, -0.2) is 27.4 Å². The number of aromatic nitrogens is 2. The summed E-state index contributed by atoms with van der Waals surface area (Å²) < 4.78 is 12.1. The fraction of sp³-hybridized carbons (Fsp3) is 0.0435. The van der Waals surface area contributed by atoms with E-state index < -0.39 is 10.9 Å². The predicted octanol–water partition coefficient (Wildman–Crippen LogP) is 4.54. The van der Waals surface area contributed by atoms with Gasteiger partial charge in [0.2, 0.25) is 0 Å². The fourth-order valence-corrected chi connectivity index (χ4v) is 2.98. The normalized spacial score (nSPS) is 11.0. The van der Waals surface area contributed by atoms with E-state index in [0.717, 1.165) is 11.1 Å². The summed E-state index contributed by atoms with van der Waals surface area (Å²) in [6.45, 7) is 0. The Morgan fingerprint density at radius 2 is 1.87 bits per heavy atom. The van der Waals surface area contributed by atoms with Gasteiger partial charge in [-0.25, -0.2) is 9.78 Å². The Labute approximate surface area is 177 Å². The third-order valence-electron chi connectivity index (χ3n) is 4.52. The molecule has 154 valence electrons. The number of hydrogen-bond acceptors (Lipinski definition) is 6. The van der Waals surface area contributed by atoms with Crippen LogP contribution in [0, 0.1) is 10.1 Å². The molecule has 0 aliphatic heterocycles. The maximum absolute atomic E-state index is 12.1. The number of ether oxygens (including phenoxy) is 2. The van der Waals surface area contributed by atoms with Gasteiger partial charge in [-0.2, -0.15) is 0 Å². The summed E-state index contributed by atoms with van der Waals surface area (Å²) in [5, 5.41) is 10.9. The molecule has 4 rings (SSSR count). The van der Waals surface area contributed by atoms with Gasteiger partial charge in [-0.1, -0.05) is 12.1 Å². The molecule has 2 aromatic heterocycles. The number of rotatable bonds is 6. The molecule has 2 heterocycles. The van der Waals surface area contributed by atoms with Gasteiger partial charge in [-0.05, 0) is 54.1 Å². The summed E-state index contributed by atoms with van der Waals surface area (Å²) >= 11 is 0. The van der Waals surface area contributed by atoms with Gasteiger partial charge in [0.25, 0.3) is 5.69 Å². The zero-order valence-corrected chi connectivity index (χ0v) is 16.5. The molecule has 0 saturated carbocycles. The topological polar surface area (TPSA) is 96.0 Å². The molecule has 2 aromatic carbocycles. The third kappa shape index (κ3) is 4.59. The summed E-state index contributed by atoms with van der Waals surface area (Å²) in [4.78, 5) is 27.0. The maximum Gasteiger partial charge on any atom is 0.336 e. The number of imidazole rings is 1. The largest absolute Gasteiger partial charge is 0.497 e. The Morgan fingerprint density at radius 1 is 1.06 bits per heavy atom. The lowest BCUT2D eigenvalue weighted by atomic mass is 10.1. The fourth-order valence-electron chi connectivity index (χ4n) is 2.98. The van der Waals surface area contributed by atoms with Crippen LogP contribution in [0.1, 0.15) is 5.56 Å². The van der Waals surface area contributed by atoms with Gasteiger partial charge in [0, 0.05) is 23.9 Å². The molecule has 0 aliphatic rings. The Morgan fingerprint density at radius 3 is 2.61 bits per heavy atom. The second-order valence-corrected chi connectivity index (χ2v) is 6.59. The smallest absolute Gasteiger partial charge is 0.336 e. The molecule has 8 nitrogen and oxygen atoms in total. The van der Waals surface area contributed by atoms with Crippen molar-refractivity contribution >= 4 is 23.4 Å². The number of esters is 1. The number of hydrogen-bond donors (Lipinski definition) is 0. The first kappa shape index (κ1) is 19.8. The standard InChI is InChI=1S/C23H17N3O5/c1-30-20-4-2-3-16(13-20)5-12-23(27)31-19-9-6-17(7-10-19)21-15-25-14-18(26(28)29)8-11-22(25)24-21/h2-15H,1H3/b12-5+. The molecular weight excluding hydrogens is 398 g/mol. The van der Waals surface area contributed by atoms with Crippen molar-refractivity contribution in [1.29, 1.82) is 0 Å². The van der Waals surface area contributed by atoms with Crippen molar-refractivity contribution in [3.05, 3.63) is 94.8 Å². The average molecular weight is 415 g/mol. The van der Waals surface area contributed by atoms with Crippen molar-refractivity contribution in [3.8, 4) is 22.8 Å². The molecule has 4 aromatic rings. The molecule has 0 radical (unpaired) electrons. The van der Waals surface area contributed by atoms with Gasteiger partial charge < -0.3 is 9.47 Å². The van der Waals surface area contributed by atoms with Crippen molar-refractivity contribution < 1.29 is 19.2 Å². The summed E-state index contributed by atoms with van der Waals surface area (Å²) in [5.41, 5.74) is 2.84. The lowest BCUT2D eigenvalue weighted by Crippen LogP contribution is -2.03. The quantitative estimate of drug-likeness (QED) is 0.151. The first-order valence-corrected chi connectivity index (χ1v) is 9.29. The minimum Gasteiger partial charge on any atom is -0.497 e. The van der Waals surface area contributed by atoms with E-state index in [9.17, 15) is 14.9 Å². The zero-order chi connectivity index (χ0) is 21.8. The van der Waals surface area contributed by atoms with Crippen LogP contribution >= 0.6 is 0 Å². The summed E-state index contributed by atoms with van der Waals surface area (Å²) in [7, 11) is 1.58. The number of nitrogens with zero attached hydrogens (tertiary/aromatic N) is 3. The van der Waals surface area contributed by atoms with E-state index >= 15 is 0 Å². The highest BCUT2D eigenvalue weighted by Crippen LogP contribution is 2.24. The monoisotopic (exact) mass is 415 g/mol. The summed E-state index contributed by atoms with van der Waals surface area (Å²) in [6.07, 6.45) is 6.11. The minimum atomic E-state index is -0.504. The summed E-state index contributed by atoms with van der Waals surface area (Å²) in [5.74, 6) is 0.590. The highest BCUT2D eigenvalue weighted by atomic mass is 16.6. The first-order chi connectivity index (χ1) is 15.0. The Hall–Kier alpha value is -4.46.